The SMILES string of the molecule is CCN(C(=O)C[O])N(C)C. The largest absolute Gasteiger partial charge is 0.274 e. The van der Waals surface area contributed by atoms with E-state index in [-0.39, 0.29) is 5.91 Å². The summed E-state index contributed by atoms with van der Waals surface area (Å²) in [5, 5.41) is 13.1. The maximum Gasteiger partial charge on any atom is 0.266 e. The molecule has 0 aromatic rings. The highest BCUT2D eigenvalue weighted by molar-refractivity contribution is 5.76. The number of amides is 1. The van der Waals surface area contributed by atoms with Crippen molar-refractivity contribution in [2.45, 2.75) is 6.92 Å². The zero-order valence-corrected chi connectivity index (χ0v) is 6.63. The number of likely N-dealkylation sites (N-methyl/N-ethyl adjacent to an activating group) is 1. The minimum absolute atomic E-state index is 0.382. The summed E-state index contributed by atoms with van der Waals surface area (Å²) in [7, 11) is 3.47. The number of hydrogen-bond acceptors (Lipinski definition) is 2. The molecule has 0 atom stereocenters. The fourth-order valence-electron chi connectivity index (χ4n) is 0.757. The first kappa shape index (κ1) is 9.39. The summed E-state index contributed by atoms with van der Waals surface area (Å²) in [6, 6.07) is 0. The normalized spacial score (nSPS) is 10.1. The van der Waals surface area contributed by atoms with Crippen molar-refractivity contribution < 1.29 is 9.90 Å². The lowest BCUT2D eigenvalue weighted by Gasteiger charge is -2.26. The topological polar surface area (TPSA) is 43.5 Å². The van der Waals surface area contributed by atoms with Crippen LogP contribution >= 0.6 is 0 Å². The maximum atomic E-state index is 10.8. The Kier molecular flexibility index (Phi) is 3.99. The monoisotopic (exact) mass is 145 g/mol. The molecule has 0 aliphatic heterocycles. The Morgan fingerprint density at radius 1 is 1.40 bits per heavy atom. The third-order valence-corrected chi connectivity index (χ3v) is 1.19. The van der Waals surface area contributed by atoms with Crippen LogP contribution < -0.4 is 0 Å². The van der Waals surface area contributed by atoms with Crippen molar-refractivity contribution in [3.8, 4) is 0 Å². The van der Waals surface area contributed by atoms with E-state index < -0.39 is 6.61 Å². The second kappa shape index (κ2) is 4.24. The van der Waals surface area contributed by atoms with Crippen molar-refractivity contribution >= 4 is 5.91 Å². The van der Waals surface area contributed by atoms with Crippen molar-refractivity contribution in [3.63, 3.8) is 0 Å². The minimum atomic E-state index is -0.675. The van der Waals surface area contributed by atoms with Crippen molar-refractivity contribution in [2.75, 3.05) is 27.2 Å². The molecule has 0 aliphatic rings. The third-order valence-electron chi connectivity index (χ3n) is 1.19. The molecular weight excluding hydrogens is 132 g/mol. The van der Waals surface area contributed by atoms with Crippen LogP contribution in [-0.2, 0) is 9.90 Å². The predicted molar refractivity (Wildman–Crippen MR) is 36.6 cm³/mol. The molecular formula is C6H13N2O2. The molecule has 0 rings (SSSR count). The van der Waals surface area contributed by atoms with Gasteiger partial charge in [-0.15, -0.1) is 0 Å². The number of nitrogens with zero attached hydrogens (tertiary/aromatic N) is 2. The first-order valence-electron chi connectivity index (χ1n) is 3.19. The van der Waals surface area contributed by atoms with Gasteiger partial charge in [-0.2, -0.15) is 0 Å². The molecule has 4 heteroatoms. The molecule has 0 heterocycles. The van der Waals surface area contributed by atoms with Gasteiger partial charge in [-0.05, 0) is 6.92 Å². The van der Waals surface area contributed by atoms with Gasteiger partial charge in [-0.1, -0.05) is 0 Å². The molecule has 0 aromatic heterocycles. The van der Waals surface area contributed by atoms with E-state index >= 15 is 0 Å². The summed E-state index contributed by atoms with van der Waals surface area (Å²) in [5.74, 6) is -0.382. The maximum absolute atomic E-state index is 10.8. The van der Waals surface area contributed by atoms with Gasteiger partial charge < -0.3 is 0 Å². The number of hydrogen-bond donors (Lipinski definition) is 0. The van der Waals surface area contributed by atoms with Crippen LogP contribution in [0.5, 0.6) is 0 Å². The average molecular weight is 145 g/mol. The minimum Gasteiger partial charge on any atom is -0.274 e. The van der Waals surface area contributed by atoms with Gasteiger partial charge in [0.2, 0.25) is 0 Å². The van der Waals surface area contributed by atoms with Gasteiger partial charge in [-0.25, -0.2) is 10.1 Å². The van der Waals surface area contributed by atoms with Gasteiger partial charge >= 0.3 is 0 Å². The molecule has 0 spiro atoms. The summed E-state index contributed by atoms with van der Waals surface area (Å²) >= 11 is 0. The van der Waals surface area contributed by atoms with Crippen LogP contribution in [0.25, 0.3) is 0 Å². The predicted octanol–water partition coefficient (Wildman–Crippen LogP) is -0.258. The third kappa shape index (κ3) is 2.33. The summed E-state index contributed by atoms with van der Waals surface area (Å²) < 4.78 is 0. The lowest BCUT2D eigenvalue weighted by Crippen LogP contribution is -2.42. The molecule has 0 fully saturated rings. The summed E-state index contributed by atoms with van der Waals surface area (Å²) in [5.41, 5.74) is 0. The summed E-state index contributed by atoms with van der Waals surface area (Å²) in [4.78, 5) is 10.8. The van der Waals surface area contributed by atoms with Crippen LogP contribution in [0.15, 0.2) is 0 Å². The molecule has 0 unspecified atom stereocenters. The number of carbonyl (C=O) groups excluding carboxylic acids is 1. The fourth-order valence-corrected chi connectivity index (χ4v) is 0.757. The van der Waals surface area contributed by atoms with Crippen LogP contribution in [0.1, 0.15) is 6.92 Å². The Hall–Kier alpha value is -0.610. The van der Waals surface area contributed by atoms with E-state index in [1.54, 1.807) is 19.1 Å². The highest BCUT2D eigenvalue weighted by atomic mass is 16.3. The van der Waals surface area contributed by atoms with Crippen LogP contribution in [0.3, 0.4) is 0 Å². The van der Waals surface area contributed by atoms with Gasteiger partial charge in [0.15, 0.2) is 6.61 Å². The zero-order chi connectivity index (χ0) is 8.15. The van der Waals surface area contributed by atoms with Crippen molar-refractivity contribution in [1.29, 1.82) is 0 Å². The summed E-state index contributed by atoms with van der Waals surface area (Å²) in [6.45, 7) is 1.70. The fraction of sp³-hybridized carbons (Fsp3) is 0.833. The molecule has 10 heavy (non-hydrogen) atoms. The number of rotatable bonds is 3. The van der Waals surface area contributed by atoms with E-state index in [0.717, 1.165) is 0 Å². The first-order chi connectivity index (χ1) is 4.63. The van der Waals surface area contributed by atoms with E-state index in [0.29, 0.717) is 6.54 Å². The summed E-state index contributed by atoms with van der Waals surface area (Å²) in [6.07, 6.45) is 0. The molecule has 4 nitrogen and oxygen atoms in total. The van der Waals surface area contributed by atoms with E-state index in [2.05, 4.69) is 0 Å². The Morgan fingerprint density at radius 2 is 1.90 bits per heavy atom. The van der Waals surface area contributed by atoms with Crippen molar-refractivity contribution in [1.82, 2.24) is 10.0 Å². The van der Waals surface area contributed by atoms with Crippen LogP contribution in [0.2, 0.25) is 0 Å². The van der Waals surface area contributed by atoms with Gasteiger partial charge in [-0.3, -0.25) is 9.80 Å². The van der Waals surface area contributed by atoms with E-state index in [9.17, 15) is 9.90 Å². The standard InChI is InChI=1S/C6H13N2O2/c1-4-8(7(2)3)6(10)5-9/h4-5H2,1-3H3. The van der Waals surface area contributed by atoms with Gasteiger partial charge in [0.05, 0.1) is 0 Å². The zero-order valence-electron chi connectivity index (χ0n) is 6.63. The second-order valence-corrected chi connectivity index (χ2v) is 2.10. The molecule has 59 valence electrons. The van der Waals surface area contributed by atoms with Crippen LogP contribution in [0, 0.1) is 0 Å². The smallest absolute Gasteiger partial charge is 0.266 e. The van der Waals surface area contributed by atoms with E-state index in [1.807, 2.05) is 6.92 Å². The molecule has 1 radical (unpaired) electrons. The van der Waals surface area contributed by atoms with Gasteiger partial charge in [0.25, 0.3) is 5.91 Å². The number of carbonyl (C=O) groups is 1. The van der Waals surface area contributed by atoms with E-state index in [1.165, 1.54) is 5.01 Å². The second-order valence-electron chi connectivity index (χ2n) is 2.10. The highest BCUT2D eigenvalue weighted by Gasteiger charge is 2.11. The van der Waals surface area contributed by atoms with Crippen molar-refractivity contribution in [2.24, 2.45) is 0 Å². The molecule has 0 saturated heterocycles. The quantitative estimate of drug-likeness (QED) is 0.514. The molecule has 1 amide bonds. The van der Waals surface area contributed by atoms with Crippen LogP contribution in [0.4, 0.5) is 0 Å². The van der Waals surface area contributed by atoms with Crippen molar-refractivity contribution in [3.05, 3.63) is 0 Å². The molecule has 0 N–H and O–H groups in total. The molecule has 0 bridgehead atoms. The lowest BCUT2D eigenvalue weighted by atomic mass is 10.5. The van der Waals surface area contributed by atoms with Crippen LogP contribution in [-0.4, -0.2) is 43.2 Å². The molecule has 0 saturated carbocycles. The molecule has 0 aliphatic carbocycles. The average Bonchev–Trinajstić information content (AvgIpc) is 1.88. The van der Waals surface area contributed by atoms with Gasteiger partial charge in [0, 0.05) is 20.6 Å². The first-order valence-corrected chi connectivity index (χ1v) is 3.19. The number of hydrazine groups is 1. The van der Waals surface area contributed by atoms with E-state index in [4.69, 9.17) is 0 Å². The lowest BCUT2D eigenvalue weighted by molar-refractivity contribution is -0.149. The Balaban J connectivity index is 3.93. The Morgan fingerprint density at radius 3 is 2.00 bits per heavy atom. The Bertz CT molecular complexity index is 114. The Labute approximate surface area is 61.0 Å². The molecule has 0 aromatic carbocycles. The highest BCUT2D eigenvalue weighted by Crippen LogP contribution is 1.90. The van der Waals surface area contributed by atoms with Gasteiger partial charge in [0.1, 0.15) is 0 Å².